The second-order valence-corrected chi connectivity index (χ2v) is 4.60. The van der Waals surface area contributed by atoms with Crippen LogP contribution in [-0.4, -0.2) is 11.2 Å². The third-order valence-electron chi connectivity index (χ3n) is 3.43. The van der Waals surface area contributed by atoms with Gasteiger partial charge in [0, 0.05) is 5.92 Å². The van der Waals surface area contributed by atoms with Gasteiger partial charge < -0.3 is 5.11 Å². The second kappa shape index (κ2) is 4.80. The summed E-state index contributed by atoms with van der Waals surface area (Å²) in [7, 11) is 0. The van der Waals surface area contributed by atoms with Gasteiger partial charge >= 0.3 is 0 Å². The molecule has 1 aromatic rings. The van der Waals surface area contributed by atoms with Crippen molar-refractivity contribution in [1.29, 1.82) is 0 Å². The monoisotopic (exact) mass is 204 g/mol. The summed E-state index contributed by atoms with van der Waals surface area (Å²) in [4.78, 5) is 0. The number of aliphatic hydroxyl groups is 1. The molecular weight excluding hydrogens is 184 g/mol. The molecule has 1 N–H and O–H groups in total. The molecule has 0 unspecified atom stereocenters. The van der Waals surface area contributed by atoms with Crippen molar-refractivity contribution in [3.63, 3.8) is 0 Å². The zero-order valence-corrected chi connectivity index (χ0v) is 9.45. The van der Waals surface area contributed by atoms with Crippen LogP contribution < -0.4 is 0 Å². The molecule has 1 saturated carbocycles. The standard InChI is InChI=1S/C14H20O/c1-2-4-11-7-9-12(10-8-11)13-5-3-6-14(13)15/h7-10,13-15H,2-6H2,1H3/t13-,14+/m0/s1. The zero-order valence-electron chi connectivity index (χ0n) is 9.45. The number of benzene rings is 1. The first-order valence-electron chi connectivity index (χ1n) is 6.08. The molecule has 0 aliphatic heterocycles. The molecule has 1 aliphatic carbocycles. The Morgan fingerprint density at radius 3 is 2.47 bits per heavy atom. The van der Waals surface area contributed by atoms with Crippen molar-refractivity contribution in [3.8, 4) is 0 Å². The molecule has 2 rings (SSSR count). The molecule has 1 heteroatoms. The lowest BCUT2D eigenvalue weighted by molar-refractivity contribution is 0.164. The summed E-state index contributed by atoms with van der Waals surface area (Å²) < 4.78 is 0. The average molecular weight is 204 g/mol. The van der Waals surface area contributed by atoms with Gasteiger partial charge in [-0.2, -0.15) is 0 Å². The maximum absolute atomic E-state index is 9.82. The molecule has 0 bridgehead atoms. The van der Waals surface area contributed by atoms with Gasteiger partial charge in [0.2, 0.25) is 0 Å². The fourth-order valence-electron chi connectivity index (χ4n) is 2.55. The Balaban J connectivity index is 2.09. The van der Waals surface area contributed by atoms with Crippen molar-refractivity contribution in [3.05, 3.63) is 35.4 Å². The molecular formula is C14H20O. The van der Waals surface area contributed by atoms with Crippen LogP contribution in [0, 0.1) is 0 Å². The Labute approximate surface area is 92.1 Å². The molecule has 1 fully saturated rings. The fraction of sp³-hybridized carbons (Fsp3) is 0.571. The van der Waals surface area contributed by atoms with Gasteiger partial charge in [-0.1, -0.05) is 44.0 Å². The minimum absolute atomic E-state index is 0.109. The topological polar surface area (TPSA) is 20.2 Å². The van der Waals surface area contributed by atoms with Crippen LogP contribution in [0.25, 0.3) is 0 Å². The van der Waals surface area contributed by atoms with Crippen LogP contribution in [0.1, 0.15) is 49.7 Å². The van der Waals surface area contributed by atoms with E-state index in [1.54, 1.807) is 0 Å². The molecule has 0 saturated heterocycles. The molecule has 15 heavy (non-hydrogen) atoms. The maximum Gasteiger partial charge on any atom is 0.0608 e. The highest BCUT2D eigenvalue weighted by molar-refractivity contribution is 5.27. The van der Waals surface area contributed by atoms with Crippen molar-refractivity contribution in [2.24, 2.45) is 0 Å². The zero-order chi connectivity index (χ0) is 10.7. The number of rotatable bonds is 3. The van der Waals surface area contributed by atoms with Crippen LogP contribution in [0.2, 0.25) is 0 Å². The molecule has 1 aromatic carbocycles. The highest BCUT2D eigenvalue weighted by Crippen LogP contribution is 2.34. The minimum Gasteiger partial charge on any atom is -0.392 e. The summed E-state index contributed by atoms with van der Waals surface area (Å²) >= 11 is 0. The summed E-state index contributed by atoms with van der Waals surface area (Å²) in [5, 5.41) is 9.82. The summed E-state index contributed by atoms with van der Waals surface area (Å²) in [6.07, 6.45) is 5.54. The van der Waals surface area contributed by atoms with Crippen molar-refractivity contribution in [2.75, 3.05) is 0 Å². The molecule has 0 spiro atoms. The first-order chi connectivity index (χ1) is 7.31. The number of aryl methyl sites for hydroxylation is 1. The van der Waals surface area contributed by atoms with E-state index in [-0.39, 0.29) is 6.10 Å². The Morgan fingerprint density at radius 2 is 1.93 bits per heavy atom. The molecule has 1 aliphatic rings. The molecule has 2 atom stereocenters. The van der Waals surface area contributed by atoms with E-state index in [1.807, 2.05) is 0 Å². The van der Waals surface area contributed by atoms with Gasteiger partial charge in [0.05, 0.1) is 6.10 Å². The number of aliphatic hydroxyl groups excluding tert-OH is 1. The van der Waals surface area contributed by atoms with Crippen molar-refractivity contribution in [2.45, 2.75) is 51.0 Å². The van der Waals surface area contributed by atoms with Gasteiger partial charge in [-0.3, -0.25) is 0 Å². The van der Waals surface area contributed by atoms with Crippen LogP contribution in [0.15, 0.2) is 24.3 Å². The minimum atomic E-state index is -0.109. The normalized spacial score (nSPS) is 25.7. The van der Waals surface area contributed by atoms with Crippen molar-refractivity contribution < 1.29 is 5.11 Å². The van der Waals surface area contributed by atoms with Gasteiger partial charge in [0.25, 0.3) is 0 Å². The fourth-order valence-corrected chi connectivity index (χ4v) is 2.55. The lowest BCUT2D eigenvalue weighted by Crippen LogP contribution is -2.10. The van der Waals surface area contributed by atoms with Crippen LogP contribution in [0.3, 0.4) is 0 Å². The number of hydrogen-bond acceptors (Lipinski definition) is 1. The summed E-state index contributed by atoms with van der Waals surface area (Å²) in [5.74, 6) is 0.390. The van der Waals surface area contributed by atoms with Gasteiger partial charge in [-0.25, -0.2) is 0 Å². The van der Waals surface area contributed by atoms with Gasteiger partial charge in [-0.15, -0.1) is 0 Å². The molecule has 82 valence electrons. The van der Waals surface area contributed by atoms with E-state index in [2.05, 4.69) is 31.2 Å². The summed E-state index contributed by atoms with van der Waals surface area (Å²) in [6.45, 7) is 2.20. The molecule has 0 aromatic heterocycles. The van der Waals surface area contributed by atoms with E-state index in [0.717, 1.165) is 19.3 Å². The quantitative estimate of drug-likeness (QED) is 0.801. The van der Waals surface area contributed by atoms with E-state index in [4.69, 9.17) is 0 Å². The van der Waals surface area contributed by atoms with Crippen LogP contribution in [0.4, 0.5) is 0 Å². The van der Waals surface area contributed by atoms with Gasteiger partial charge in [0.1, 0.15) is 0 Å². The SMILES string of the molecule is CCCc1ccc([C@@H]2CCC[C@H]2O)cc1. The van der Waals surface area contributed by atoms with E-state index in [1.165, 1.54) is 24.0 Å². The lowest BCUT2D eigenvalue weighted by atomic mass is 9.94. The predicted octanol–water partition coefficient (Wildman–Crippen LogP) is 3.27. The first-order valence-corrected chi connectivity index (χ1v) is 6.08. The third-order valence-corrected chi connectivity index (χ3v) is 3.43. The Morgan fingerprint density at radius 1 is 1.20 bits per heavy atom. The largest absolute Gasteiger partial charge is 0.392 e. The Bertz CT molecular complexity index is 302. The van der Waals surface area contributed by atoms with Crippen molar-refractivity contribution in [1.82, 2.24) is 0 Å². The van der Waals surface area contributed by atoms with E-state index < -0.39 is 0 Å². The van der Waals surface area contributed by atoms with Gasteiger partial charge in [0.15, 0.2) is 0 Å². The lowest BCUT2D eigenvalue weighted by Gasteiger charge is -2.15. The highest BCUT2D eigenvalue weighted by Gasteiger charge is 2.26. The Kier molecular flexibility index (Phi) is 3.42. The van der Waals surface area contributed by atoms with E-state index in [0.29, 0.717) is 5.92 Å². The second-order valence-electron chi connectivity index (χ2n) is 4.60. The highest BCUT2D eigenvalue weighted by atomic mass is 16.3. The average Bonchev–Trinajstić information content (AvgIpc) is 2.66. The van der Waals surface area contributed by atoms with Crippen LogP contribution >= 0.6 is 0 Å². The molecule has 0 radical (unpaired) electrons. The first kappa shape index (κ1) is 10.7. The summed E-state index contributed by atoms with van der Waals surface area (Å²) in [5.41, 5.74) is 2.73. The predicted molar refractivity (Wildman–Crippen MR) is 63.0 cm³/mol. The third kappa shape index (κ3) is 2.40. The molecule has 1 nitrogen and oxygen atoms in total. The van der Waals surface area contributed by atoms with E-state index >= 15 is 0 Å². The van der Waals surface area contributed by atoms with E-state index in [9.17, 15) is 5.11 Å². The van der Waals surface area contributed by atoms with Crippen molar-refractivity contribution >= 4 is 0 Å². The Hall–Kier alpha value is -0.820. The molecule has 0 heterocycles. The van der Waals surface area contributed by atoms with Gasteiger partial charge in [-0.05, 0) is 30.4 Å². The smallest absolute Gasteiger partial charge is 0.0608 e. The summed E-state index contributed by atoms with van der Waals surface area (Å²) in [6, 6.07) is 8.82. The maximum atomic E-state index is 9.82. The van der Waals surface area contributed by atoms with Crippen LogP contribution in [0.5, 0.6) is 0 Å². The number of hydrogen-bond donors (Lipinski definition) is 1. The van der Waals surface area contributed by atoms with Crippen LogP contribution in [-0.2, 0) is 6.42 Å². The molecule has 0 amide bonds.